The van der Waals surface area contributed by atoms with Crippen molar-refractivity contribution in [2.75, 3.05) is 20.0 Å². The number of benzene rings is 2. The Morgan fingerprint density at radius 2 is 1.79 bits per heavy atom. The maximum atomic E-state index is 13.0. The molecule has 0 amide bonds. The van der Waals surface area contributed by atoms with Gasteiger partial charge in [0.05, 0.1) is 25.3 Å². The molecule has 2 aromatic carbocycles. The van der Waals surface area contributed by atoms with Crippen molar-refractivity contribution in [3.63, 3.8) is 0 Å². The van der Waals surface area contributed by atoms with Gasteiger partial charge in [-0.25, -0.2) is 9.36 Å². The topological polar surface area (TPSA) is 99.3 Å². The van der Waals surface area contributed by atoms with Crippen molar-refractivity contribution in [1.29, 1.82) is 0 Å². The Morgan fingerprint density at radius 1 is 1.17 bits per heavy atom. The lowest BCUT2D eigenvalue weighted by atomic mass is 10.1. The average molecular weight is 327 g/mol. The maximum absolute atomic E-state index is 13.0. The number of hydrogen-bond acceptors (Lipinski definition) is 5. The number of fused-ring (bicyclic) bond motifs is 1. The Kier molecular flexibility index (Phi) is 3.76. The van der Waals surface area contributed by atoms with Crippen LogP contribution < -0.4 is 20.9 Å². The number of anilines is 1. The third-order valence-electron chi connectivity index (χ3n) is 3.91. The van der Waals surface area contributed by atoms with E-state index in [4.69, 9.17) is 15.2 Å². The van der Waals surface area contributed by atoms with Gasteiger partial charge in [-0.3, -0.25) is 4.79 Å². The number of carbonyl (C=O) groups is 1. The van der Waals surface area contributed by atoms with Crippen molar-refractivity contribution in [3.05, 3.63) is 51.9 Å². The lowest BCUT2D eigenvalue weighted by Crippen LogP contribution is -2.25. The minimum atomic E-state index is -0.548. The largest absolute Gasteiger partial charge is 0.496 e. The summed E-state index contributed by atoms with van der Waals surface area (Å²) in [5.41, 5.74) is 7.75. The lowest BCUT2D eigenvalue weighted by Gasteiger charge is -2.12. The van der Waals surface area contributed by atoms with E-state index in [1.54, 1.807) is 30.3 Å². The van der Waals surface area contributed by atoms with Crippen LogP contribution >= 0.6 is 0 Å². The number of nitrogens with zero attached hydrogens (tertiary/aromatic N) is 1. The molecule has 0 fully saturated rings. The zero-order chi connectivity index (χ0) is 17.4. The van der Waals surface area contributed by atoms with E-state index < -0.39 is 11.6 Å². The molecule has 124 valence electrons. The fourth-order valence-electron chi connectivity index (χ4n) is 2.65. The number of nitrogen functional groups attached to an aromatic ring is 1. The number of imidazole rings is 1. The Labute approximate surface area is 137 Å². The van der Waals surface area contributed by atoms with Gasteiger partial charge in [-0.1, -0.05) is 6.07 Å². The molecule has 3 N–H and O–H groups in total. The second kappa shape index (κ2) is 5.77. The number of ether oxygens (including phenoxy) is 2. The second-order valence-corrected chi connectivity index (χ2v) is 5.33. The van der Waals surface area contributed by atoms with Crippen LogP contribution in [0, 0.1) is 6.92 Å². The number of aromatic amines is 1. The number of aryl methyl sites for hydroxylation is 1. The van der Waals surface area contributed by atoms with Crippen molar-refractivity contribution >= 4 is 22.6 Å². The first-order chi connectivity index (χ1) is 11.5. The fourth-order valence-corrected chi connectivity index (χ4v) is 2.65. The Morgan fingerprint density at radius 3 is 2.38 bits per heavy atom. The first kappa shape index (κ1) is 15.7. The predicted molar refractivity (Wildman–Crippen MR) is 91.0 cm³/mol. The van der Waals surface area contributed by atoms with Crippen LogP contribution in [0.25, 0.3) is 11.0 Å². The van der Waals surface area contributed by atoms with Crippen molar-refractivity contribution in [1.82, 2.24) is 9.55 Å². The first-order valence-corrected chi connectivity index (χ1v) is 7.24. The van der Waals surface area contributed by atoms with Crippen LogP contribution in [0.3, 0.4) is 0 Å². The minimum Gasteiger partial charge on any atom is -0.496 e. The van der Waals surface area contributed by atoms with Crippen LogP contribution in [0.2, 0.25) is 0 Å². The van der Waals surface area contributed by atoms with E-state index in [-0.39, 0.29) is 5.56 Å². The average Bonchev–Trinajstić information content (AvgIpc) is 2.88. The van der Waals surface area contributed by atoms with Gasteiger partial charge in [0, 0.05) is 5.69 Å². The van der Waals surface area contributed by atoms with E-state index >= 15 is 0 Å². The highest BCUT2D eigenvalue weighted by Crippen LogP contribution is 2.30. The van der Waals surface area contributed by atoms with E-state index in [1.807, 2.05) is 6.92 Å². The van der Waals surface area contributed by atoms with Gasteiger partial charge in [0.25, 0.3) is 5.91 Å². The molecule has 24 heavy (non-hydrogen) atoms. The number of aromatic nitrogens is 2. The SMILES string of the molecule is COc1cccc(OC)c1C(=O)n1c(=O)[nH]c2cc(N)c(C)cc21. The van der Waals surface area contributed by atoms with Crippen molar-refractivity contribution in [2.24, 2.45) is 0 Å². The summed E-state index contributed by atoms with van der Waals surface area (Å²) in [7, 11) is 2.91. The van der Waals surface area contributed by atoms with Gasteiger partial charge >= 0.3 is 5.69 Å². The summed E-state index contributed by atoms with van der Waals surface area (Å²) < 4.78 is 11.6. The molecule has 3 rings (SSSR count). The van der Waals surface area contributed by atoms with Crippen LogP contribution in [-0.4, -0.2) is 29.7 Å². The van der Waals surface area contributed by atoms with Crippen molar-refractivity contribution in [2.45, 2.75) is 6.92 Å². The molecule has 3 aromatic rings. The summed E-state index contributed by atoms with van der Waals surface area (Å²) in [6.07, 6.45) is 0. The molecule has 0 aliphatic carbocycles. The normalized spacial score (nSPS) is 10.8. The number of rotatable bonds is 3. The van der Waals surface area contributed by atoms with E-state index in [0.717, 1.165) is 10.1 Å². The lowest BCUT2D eigenvalue weighted by molar-refractivity contribution is 0.0955. The summed E-state index contributed by atoms with van der Waals surface area (Å²) in [6.45, 7) is 1.81. The number of nitrogens with two attached hydrogens (primary N) is 1. The van der Waals surface area contributed by atoms with Crippen LogP contribution in [0.1, 0.15) is 15.9 Å². The van der Waals surface area contributed by atoms with Crippen LogP contribution in [0.4, 0.5) is 5.69 Å². The van der Waals surface area contributed by atoms with Gasteiger partial charge in [-0.15, -0.1) is 0 Å². The molecule has 7 nitrogen and oxygen atoms in total. The molecule has 1 aromatic heterocycles. The highest BCUT2D eigenvalue weighted by molar-refractivity contribution is 6.05. The fraction of sp³-hybridized carbons (Fsp3) is 0.176. The molecular weight excluding hydrogens is 310 g/mol. The van der Waals surface area contributed by atoms with E-state index in [1.165, 1.54) is 14.2 Å². The van der Waals surface area contributed by atoms with Gasteiger partial charge in [-0.05, 0) is 36.8 Å². The number of hydrogen-bond donors (Lipinski definition) is 2. The number of nitrogens with one attached hydrogen (secondary N) is 1. The number of methoxy groups -OCH3 is 2. The zero-order valence-corrected chi connectivity index (χ0v) is 13.5. The molecule has 0 saturated carbocycles. The molecule has 0 spiro atoms. The van der Waals surface area contributed by atoms with Crippen LogP contribution in [0.5, 0.6) is 11.5 Å². The zero-order valence-electron chi connectivity index (χ0n) is 13.5. The molecule has 0 radical (unpaired) electrons. The maximum Gasteiger partial charge on any atom is 0.333 e. The summed E-state index contributed by atoms with van der Waals surface area (Å²) in [4.78, 5) is 28.0. The smallest absolute Gasteiger partial charge is 0.333 e. The van der Waals surface area contributed by atoms with Crippen LogP contribution in [-0.2, 0) is 0 Å². The molecule has 0 atom stereocenters. The molecule has 7 heteroatoms. The monoisotopic (exact) mass is 327 g/mol. The van der Waals surface area contributed by atoms with Gasteiger partial charge in [0.2, 0.25) is 0 Å². The Hall–Kier alpha value is -3.22. The van der Waals surface area contributed by atoms with Crippen molar-refractivity contribution < 1.29 is 14.3 Å². The van der Waals surface area contributed by atoms with Gasteiger partial charge < -0.3 is 20.2 Å². The van der Waals surface area contributed by atoms with E-state index in [0.29, 0.717) is 28.2 Å². The minimum absolute atomic E-state index is 0.181. The Balaban J connectivity index is 2.29. The molecule has 0 aliphatic rings. The quantitative estimate of drug-likeness (QED) is 0.716. The third kappa shape index (κ3) is 2.30. The molecule has 0 bridgehead atoms. The summed E-state index contributed by atoms with van der Waals surface area (Å²) in [5.74, 6) is 0.116. The van der Waals surface area contributed by atoms with Crippen molar-refractivity contribution in [3.8, 4) is 11.5 Å². The molecular formula is C17H17N3O4. The Bertz CT molecular complexity index is 979. The number of carbonyl (C=O) groups excluding carboxylic acids is 1. The van der Waals surface area contributed by atoms with Crippen LogP contribution in [0.15, 0.2) is 35.1 Å². The summed E-state index contributed by atoms with van der Waals surface area (Å²) in [6, 6.07) is 8.31. The second-order valence-electron chi connectivity index (χ2n) is 5.33. The molecule has 0 aliphatic heterocycles. The highest BCUT2D eigenvalue weighted by atomic mass is 16.5. The first-order valence-electron chi connectivity index (χ1n) is 7.24. The highest BCUT2D eigenvalue weighted by Gasteiger charge is 2.23. The molecule has 0 unspecified atom stereocenters. The number of H-pyrrole nitrogens is 1. The van der Waals surface area contributed by atoms with Gasteiger partial charge in [0.1, 0.15) is 17.1 Å². The van der Waals surface area contributed by atoms with Gasteiger partial charge in [0.15, 0.2) is 0 Å². The summed E-state index contributed by atoms with van der Waals surface area (Å²) >= 11 is 0. The van der Waals surface area contributed by atoms with Gasteiger partial charge in [-0.2, -0.15) is 0 Å². The molecule has 1 heterocycles. The summed E-state index contributed by atoms with van der Waals surface area (Å²) in [5, 5.41) is 0. The standard InChI is InChI=1S/C17H17N3O4/c1-9-7-12-11(8-10(9)18)19-17(22)20(12)16(21)15-13(23-2)5-4-6-14(15)24-3/h4-8H,18H2,1-3H3,(H,19,22). The van der Waals surface area contributed by atoms with E-state index in [9.17, 15) is 9.59 Å². The predicted octanol–water partition coefficient (Wildman–Crippen LogP) is 1.93. The van der Waals surface area contributed by atoms with E-state index in [2.05, 4.69) is 4.98 Å². The third-order valence-corrected chi connectivity index (χ3v) is 3.91. The molecule has 0 saturated heterocycles.